The molecule has 1 aliphatic rings. The fourth-order valence-electron chi connectivity index (χ4n) is 5.82. The Balaban J connectivity index is 1.49. The van der Waals surface area contributed by atoms with E-state index >= 15 is 0 Å². The normalized spacial score (nSPS) is 16.3. The van der Waals surface area contributed by atoms with Crippen molar-refractivity contribution in [3.05, 3.63) is 95.1 Å². The van der Waals surface area contributed by atoms with E-state index in [2.05, 4.69) is 25.9 Å². The fraction of sp³-hybridized carbons (Fsp3) is 0.441. The number of urea groups is 1. The molecule has 4 amide bonds. The third-order valence-corrected chi connectivity index (χ3v) is 8.12. The largest absolute Gasteiger partial charge is 0.391 e. The first kappa shape index (κ1) is 33.5. The van der Waals surface area contributed by atoms with Gasteiger partial charge < -0.3 is 31.1 Å². The summed E-state index contributed by atoms with van der Waals surface area (Å²) in [4.78, 5) is 48.5. The van der Waals surface area contributed by atoms with Crippen molar-refractivity contribution in [3.8, 4) is 0 Å². The standard InChI is InChI=1S/C34H44N6O5/c1-22(20-40-15-14-35-34(40)45)16-30(42)38-27(17-25-10-6-4-7-11-25)19-29(41)28(18-26-12-8-5-9-13-26)39-33(44)32(43)31-23(2)36-21-37-24(31)3/h4-13,21-22,27-29,32,41,43H,14-20H2,1-3H3,(H,35,45)(H,38,42)(H,39,44)/t22?,27-,28-,29-,32?/m0/s1. The molecule has 0 radical (unpaired) electrons. The number of aromatic nitrogens is 2. The number of rotatable bonds is 15. The Labute approximate surface area is 264 Å². The molecule has 2 heterocycles. The quantitative estimate of drug-likeness (QED) is 0.176. The van der Waals surface area contributed by atoms with Gasteiger partial charge >= 0.3 is 6.03 Å². The summed E-state index contributed by atoms with van der Waals surface area (Å²) in [5.41, 5.74) is 3.21. The summed E-state index contributed by atoms with van der Waals surface area (Å²) >= 11 is 0. The van der Waals surface area contributed by atoms with Crippen molar-refractivity contribution in [2.75, 3.05) is 19.6 Å². The van der Waals surface area contributed by atoms with Crippen molar-refractivity contribution in [1.82, 2.24) is 30.8 Å². The summed E-state index contributed by atoms with van der Waals surface area (Å²) in [5.74, 6) is -0.902. The molecule has 0 bridgehead atoms. The summed E-state index contributed by atoms with van der Waals surface area (Å²) < 4.78 is 0. The van der Waals surface area contributed by atoms with Crippen LogP contribution in [0.5, 0.6) is 0 Å². The monoisotopic (exact) mass is 616 g/mol. The maximum absolute atomic E-state index is 13.4. The molecule has 45 heavy (non-hydrogen) atoms. The van der Waals surface area contributed by atoms with Gasteiger partial charge in [-0.1, -0.05) is 67.6 Å². The number of benzene rings is 2. The molecule has 2 unspecified atom stereocenters. The van der Waals surface area contributed by atoms with Crippen molar-refractivity contribution < 1.29 is 24.6 Å². The first-order chi connectivity index (χ1) is 21.6. The molecular weight excluding hydrogens is 572 g/mol. The van der Waals surface area contributed by atoms with Crippen molar-refractivity contribution in [1.29, 1.82) is 0 Å². The Morgan fingerprint density at radius 3 is 2.11 bits per heavy atom. The van der Waals surface area contributed by atoms with Gasteiger partial charge in [0.25, 0.3) is 5.91 Å². The van der Waals surface area contributed by atoms with Gasteiger partial charge in [0.2, 0.25) is 5.91 Å². The van der Waals surface area contributed by atoms with E-state index in [1.54, 1.807) is 18.7 Å². The number of carbonyl (C=O) groups excluding carboxylic acids is 3. The van der Waals surface area contributed by atoms with Gasteiger partial charge in [0.15, 0.2) is 6.10 Å². The predicted octanol–water partition coefficient (Wildman–Crippen LogP) is 2.38. The minimum atomic E-state index is -1.52. The van der Waals surface area contributed by atoms with Gasteiger partial charge in [0.05, 0.1) is 12.1 Å². The molecular formula is C34H44N6O5. The van der Waals surface area contributed by atoms with Gasteiger partial charge in [-0.2, -0.15) is 0 Å². The van der Waals surface area contributed by atoms with Crippen LogP contribution in [0.25, 0.3) is 0 Å². The van der Waals surface area contributed by atoms with Gasteiger partial charge in [-0.15, -0.1) is 0 Å². The number of aryl methyl sites for hydroxylation is 2. The highest BCUT2D eigenvalue weighted by Crippen LogP contribution is 2.21. The zero-order valence-corrected chi connectivity index (χ0v) is 26.1. The molecule has 11 nitrogen and oxygen atoms in total. The summed E-state index contributed by atoms with van der Waals surface area (Å²) in [6.07, 6.45) is -0.0354. The molecule has 5 atom stereocenters. The van der Waals surface area contributed by atoms with Crippen molar-refractivity contribution >= 4 is 17.8 Å². The van der Waals surface area contributed by atoms with Crippen molar-refractivity contribution in [2.24, 2.45) is 5.92 Å². The van der Waals surface area contributed by atoms with Crippen LogP contribution in [0.4, 0.5) is 4.79 Å². The van der Waals surface area contributed by atoms with E-state index in [9.17, 15) is 24.6 Å². The number of amides is 4. The molecule has 2 aromatic carbocycles. The fourth-order valence-corrected chi connectivity index (χ4v) is 5.82. The number of nitrogens with zero attached hydrogens (tertiary/aromatic N) is 3. The second-order valence-corrected chi connectivity index (χ2v) is 11.9. The molecule has 0 aliphatic carbocycles. The van der Waals surface area contributed by atoms with Gasteiger partial charge in [-0.25, -0.2) is 14.8 Å². The van der Waals surface area contributed by atoms with E-state index in [1.165, 1.54) is 6.33 Å². The van der Waals surface area contributed by atoms with Crippen LogP contribution in [0.1, 0.15) is 53.9 Å². The second kappa shape index (κ2) is 16.1. The molecule has 3 aromatic rings. The number of hydrogen-bond donors (Lipinski definition) is 5. The first-order valence-electron chi connectivity index (χ1n) is 15.4. The molecule has 0 spiro atoms. The van der Waals surface area contributed by atoms with E-state index < -0.39 is 30.2 Å². The summed E-state index contributed by atoms with van der Waals surface area (Å²) in [5, 5.41) is 31.4. The average molecular weight is 617 g/mol. The maximum Gasteiger partial charge on any atom is 0.317 e. The molecule has 0 saturated carbocycles. The molecule has 1 fully saturated rings. The van der Waals surface area contributed by atoms with E-state index in [1.807, 2.05) is 67.6 Å². The van der Waals surface area contributed by atoms with Crippen LogP contribution in [0.2, 0.25) is 0 Å². The molecule has 1 saturated heterocycles. The highest BCUT2D eigenvalue weighted by Gasteiger charge is 2.30. The number of aliphatic hydroxyl groups is 2. The van der Waals surface area contributed by atoms with Crippen LogP contribution >= 0.6 is 0 Å². The van der Waals surface area contributed by atoms with Crippen LogP contribution in [-0.4, -0.2) is 80.7 Å². The summed E-state index contributed by atoms with van der Waals surface area (Å²) in [6.45, 7) is 7.04. The van der Waals surface area contributed by atoms with Crippen LogP contribution < -0.4 is 16.0 Å². The lowest BCUT2D eigenvalue weighted by Gasteiger charge is -2.30. The first-order valence-corrected chi connectivity index (χ1v) is 15.4. The van der Waals surface area contributed by atoms with Gasteiger partial charge in [-0.3, -0.25) is 9.59 Å². The zero-order valence-electron chi connectivity index (χ0n) is 26.1. The highest BCUT2D eigenvalue weighted by molar-refractivity contribution is 5.83. The van der Waals surface area contributed by atoms with E-state index in [-0.39, 0.29) is 30.7 Å². The Kier molecular flexibility index (Phi) is 12.0. The molecule has 1 aliphatic heterocycles. The number of nitrogens with one attached hydrogen (secondary N) is 3. The third-order valence-electron chi connectivity index (χ3n) is 8.12. The Morgan fingerprint density at radius 2 is 1.53 bits per heavy atom. The second-order valence-electron chi connectivity index (χ2n) is 11.9. The lowest BCUT2D eigenvalue weighted by molar-refractivity contribution is -0.131. The summed E-state index contributed by atoms with van der Waals surface area (Å²) in [6, 6.07) is 17.8. The Morgan fingerprint density at radius 1 is 0.933 bits per heavy atom. The van der Waals surface area contributed by atoms with E-state index in [0.717, 1.165) is 11.1 Å². The van der Waals surface area contributed by atoms with Crippen LogP contribution in [0.3, 0.4) is 0 Å². The van der Waals surface area contributed by atoms with Gasteiger partial charge in [0, 0.05) is 49.0 Å². The molecule has 1 aromatic heterocycles. The highest BCUT2D eigenvalue weighted by atomic mass is 16.3. The van der Waals surface area contributed by atoms with Crippen LogP contribution in [0.15, 0.2) is 67.0 Å². The SMILES string of the molecule is Cc1ncnc(C)c1C(O)C(=O)N[C@@H](Cc1ccccc1)[C@@H](O)C[C@H](Cc1ccccc1)NC(=O)CC(C)CN1CCNC1=O. The van der Waals surface area contributed by atoms with Crippen LogP contribution in [-0.2, 0) is 22.4 Å². The topological polar surface area (TPSA) is 157 Å². The minimum absolute atomic E-state index is 0.0587. The van der Waals surface area contributed by atoms with Crippen molar-refractivity contribution in [3.63, 3.8) is 0 Å². The number of carbonyl (C=O) groups is 3. The lowest BCUT2D eigenvalue weighted by atomic mass is 9.93. The predicted molar refractivity (Wildman–Crippen MR) is 170 cm³/mol. The Bertz CT molecular complexity index is 1400. The summed E-state index contributed by atoms with van der Waals surface area (Å²) in [7, 11) is 0. The van der Waals surface area contributed by atoms with E-state index in [0.29, 0.717) is 49.4 Å². The van der Waals surface area contributed by atoms with Crippen LogP contribution in [0, 0.1) is 19.8 Å². The van der Waals surface area contributed by atoms with Crippen molar-refractivity contribution in [2.45, 2.75) is 70.7 Å². The molecule has 4 rings (SSSR count). The average Bonchev–Trinajstić information content (AvgIpc) is 3.41. The number of aliphatic hydroxyl groups excluding tert-OH is 2. The van der Waals surface area contributed by atoms with E-state index in [4.69, 9.17) is 0 Å². The lowest BCUT2D eigenvalue weighted by Crippen LogP contribution is -2.50. The molecule has 5 N–H and O–H groups in total. The Hall–Kier alpha value is -4.35. The van der Waals surface area contributed by atoms with Gasteiger partial charge in [-0.05, 0) is 50.2 Å². The third kappa shape index (κ3) is 9.82. The smallest absolute Gasteiger partial charge is 0.317 e. The maximum atomic E-state index is 13.4. The number of hydrogen-bond acceptors (Lipinski definition) is 7. The molecule has 240 valence electrons. The molecule has 11 heteroatoms. The van der Waals surface area contributed by atoms with Gasteiger partial charge in [0.1, 0.15) is 6.33 Å². The minimum Gasteiger partial charge on any atom is -0.391 e. The zero-order chi connectivity index (χ0) is 32.3.